The van der Waals surface area contributed by atoms with Gasteiger partial charge in [-0.3, -0.25) is 4.90 Å². The largest absolute Gasteiger partial charge is 0.457 e. The van der Waals surface area contributed by atoms with Crippen LogP contribution in [0.2, 0.25) is 0 Å². The number of nitrogens with zero attached hydrogens (tertiary/aromatic N) is 1. The molecule has 1 fully saturated rings. The molecule has 0 radical (unpaired) electrons. The first-order valence-corrected chi connectivity index (χ1v) is 8.97. The molecule has 7 heteroatoms. The number of rotatable bonds is 5. The molecule has 1 atom stereocenters. The highest BCUT2D eigenvalue weighted by molar-refractivity contribution is 7.86. The summed E-state index contributed by atoms with van der Waals surface area (Å²) in [5.74, 6) is -0.686. The van der Waals surface area contributed by atoms with E-state index in [4.69, 9.17) is 8.92 Å². The predicted molar refractivity (Wildman–Crippen MR) is 85.3 cm³/mol. The van der Waals surface area contributed by atoms with Crippen LogP contribution in [0.5, 0.6) is 0 Å². The number of aryl methyl sites for hydroxylation is 1. The molecule has 1 saturated heterocycles. The fraction of sp³-hybridized carbons (Fsp3) is 0.562. The molecule has 0 N–H and O–H groups in total. The van der Waals surface area contributed by atoms with Gasteiger partial charge < -0.3 is 4.74 Å². The molecule has 1 heterocycles. The zero-order chi connectivity index (χ0) is 17.3. The van der Waals surface area contributed by atoms with Gasteiger partial charge in [-0.1, -0.05) is 18.2 Å². The lowest BCUT2D eigenvalue weighted by atomic mass is 10.2. The van der Waals surface area contributed by atoms with Crippen LogP contribution < -0.4 is 0 Å². The minimum absolute atomic E-state index is 0.0640. The standard InChI is InChI=1S/C16H23NO5S/c1-12-8-5-6-9-13(12)23(19,20)22-14(17-10-7-11-17)15(18)21-16(2,3)4/h5-6,8-9,14H,7,10-11H2,1-4H3. The van der Waals surface area contributed by atoms with Crippen molar-refractivity contribution in [1.29, 1.82) is 0 Å². The number of benzene rings is 1. The molecular weight excluding hydrogens is 318 g/mol. The number of esters is 1. The van der Waals surface area contributed by atoms with Crippen LogP contribution >= 0.6 is 0 Å². The van der Waals surface area contributed by atoms with Crippen molar-refractivity contribution in [2.24, 2.45) is 0 Å². The number of carbonyl (C=O) groups is 1. The zero-order valence-electron chi connectivity index (χ0n) is 13.9. The van der Waals surface area contributed by atoms with E-state index in [1.807, 2.05) is 0 Å². The molecule has 1 aromatic carbocycles. The van der Waals surface area contributed by atoms with Crippen molar-refractivity contribution in [2.45, 2.75) is 50.8 Å². The summed E-state index contributed by atoms with van der Waals surface area (Å²) in [6.07, 6.45) is -0.347. The Morgan fingerprint density at radius 2 is 1.83 bits per heavy atom. The molecule has 0 bridgehead atoms. The second kappa shape index (κ2) is 6.59. The van der Waals surface area contributed by atoms with Crippen LogP contribution in [0.3, 0.4) is 0 Å². The molecular formula is C16H23NO5S. The normalized spacial score (nSPS) is 17.4. The monoisotopic (exact) mass is 341 g/mol. The van der Waals surface area contributed by atoms with Crippen molar-refractivity contribution in [1.82, 2.24) is 4.90 Å². The molecule has 6 nitrogen and oxygen atoms in total. The van der Waals surface area contributed by atoms with Crippen LogP contribution in [0.25, 0.3) is 0 Å². The highest BCUT2D eigenvalue weighted by Crippen LogP contribution is 2.23. The highest BCUT2D eigenvalue weighted by Gasteiger charge is 2.38. The van der Waals surface area contributed by atoms with Crippen LogP contribution in [0.1, 0.15) is 32.8 Å². The molecule has 0 amide bonds. The first-order valence-electron chi connectivity index (χ1n) is 7.56. The summed E-state index contributed by atoms with van der Waals surface area (Å²) < 4.78 is 35.6. The second-order valence-corrected chi connectivity index (χ2v) is 8.13. The average Bonchev–Trinajstić information content (AvgIpc) is 2.33. The fourth-order valence-electron chi connectivity index (χ4n) is 2.19. The van der Waals surface area contributed by atoms with E-state index in [1.165, 1.54) is 6.07 Å². The molecule has 0 aromatic heterocycles. The van der Waals surface area contributed by atoms with Crippen LogP contribution in [0.4, 0.5) is 0 Å². The first kappa shape index (κ1) is 17.9. The Labute approximate surface area is 137 Å². The summed E-state index contributed by atoms with van der Waals surface area (Å²) in [5.41, 5.74) is -0.144. The van der Waals surface area contributed by atoms with Crippen LogP contribution in [-0.4, -0.2) is 44.2 Å². The van der Waals surface area contributed by atoms with Crippen molar-refractivity contribution < 1.29 is 22.1 Å². The molecule has 0 spiro atoms. The number of ether oxygens (including phenoxy) is 1. The third-order valence-corrected chi connectivity index (χ3v) is 4.84. The Kier molecular flexibility index (Phi) is 5.13. The lowest BCUT2D eigenvalue weighted by Gasteiger charge is -2.37. The van der Waals surface area contributed by atoms with Gasteiger partial charge in [-0.25, -0.2) is 8.98 Å². The molecule has 128 valence electrons. The Morgan fingerprint density at radius 3 is 2.30 bits per heavy atom. The van der Waals surface area contributed by atoms with Gasteiger partial charge in [0.05, 0.1) is 4.90 Å². The topological polar surface area (TPSA) is 72.9 Å². The molecule has 1 unspecified atom stereocenters. The zero-order valence-corrected chi connectivity index (χ0v) is 14.7. The molecule has 0 aliphatic carbocycles. The third kappa shape index (κ3) is 4.53. The molecule has 0 saturated carbocycles. The van der Waals surface area contributed by atoms with Gasteiger partial charge in [-0.2, -0.15) is 8.42 Å². The number of likely N-dealkylation sites (tertiary alicyclic amines) is 1. The summed E-state index contributed by atoms with van der Waals surface area (Å²) in [6, 6.07) is 6.51. The van der Waals surface area contributed by atoms with Gasteiger partial charge in [0, 0.05) is 13.1 Å². The highest BCUT2D eigenvalue weighted by atomic mass is 32.2. The summed E-state index contributed by atoms with van der Waals surface area (Å²) >= 11 is 0. The van der Waals surface area contributed by atoms with E-state index in [9.17, 15) is 13.2 Å². The summed E-state index contributed by atoms with van der Waals surface area (Å²) in [4.78, 5) is 14.1. The van der Waals surface area contributed by atoms with E-state index in [0.29, 0.717) is 18.7 Å². The summed E-state index contributed by atoms with van der Waals surface area (Å²) in [6.45, 7) is 8.08. The number of hydrogen-bond acceptors (Lipinski definition) is 6. The van der Waals surface area contributed by atoms with Crippen molar-refractivity contribution >= 4 is 16.1 Å². The maximum absolute atomic E-state index is 12.5. The van der Waals surface area contributed by atoms with E-state index in [2.05, 4.69) is 0 Å². The Bertz CT molecular complexity index is 674. The van der Waals surface area contributed by atoms with Gasteiger partial charge in [-0.15, -0.1) is 0 Å². The van der Waals surface area contributed by atoms with Gasteiger partial charge in [-0.05, 0) is 45.7 Å². The Hall–Kier alpha value is -1.44. The number of carbonyl (C=O) groups excluding carboxylic acids is 1. The minimum Gasteiger partial charge on any atom is -0.457 e. The van der Waals surface area contributed by atoms with E-state index < -0.39 is 27.9 Å². The van der Waals surface area contributed by atoms with Crippen LogP contribution in [0, 0.1) is 6.92 Å². The van der Waals surface area contributed by atoms with Gasteiger partial charge in [0.25, 0.3) is 10.1 Å². The van der Waals surface area contributed by atoms with Gasteiger partial charge in [0.2, 0.25) is 6.23 Å². The van der Waals surface area contributed by atoms with E-state index >= 15 is 0 Å². The van der Waals surface area contributed by atoms with Crippen molar-refractivity contribution in [3.8, 4) is 0 Å². The lowest BCUT2D eigenvalue weighted by molar-refractivity contribution is -0.176. The maximum Gasteiger partial charge on any atom is 0.352 e. The molecule has 1 aliphatic heterocycles. The van der Waals surface area contributed by atoms with E-state index in [1.54, 1.807) is 50.8 Å². The summed E-state index contributed by atoms with van der Waals surface area (Å²) in [5, 5.41) is 0. The SMILES string of the molecule is Cc1ccccc1S(=O)(=O)OC(C(=O)OC(C)(C)C)N1CCC1. The van der Waals surface area contributed by atoms with Crippen molar-refractivity contribution in [3.63, 3.8) is 0 Å². The smallest absolute Gasteiger partial charge is 0.352 e. The minimum atomic E-state index is -4.05. The van der Waals surface area contributed by atoms with Crippen LogP contribution in [0.15, 0.2) is 29.2 Å². The fourth-order valence-corrected chi connectivity index (χ4v) is 3.44. The Morgan fingerprint density at radius 1 is 1.22 bits per heavy atom. The predicted octanol–water partition coefficient (Wildman–Crippen LogP) is 2.07. The van der Waals surface area contributed by atoms with Gasteiger partial charge in [0.15, 0.2) is 0 Å². The number of hydrogen-bond donors (Lipinski definition) is 0. The van der Waals surface area contributed by atoms with Gasteiger partial charge in [0.1, 0.15) is 5.60 Å². The van der Waals surface area contributed by atoms with Crippen molar-refractivity contribution in [2.75, 3.05) is 13.1 Å². The molecule has 1 aliphatic rings. The average molecular weight is 341 g/mol. The Balaban J connectivity index is 2.24. The van der Waals surface area contributed by atoms with Crippen LogP contribution in [-0.2, 0) is 23.8 Å². The third-order valence-electron chi connectivity index (χ3n) is 3.41. The lowest BCUT2D eigenvalue weighted by Crippen LogP contribution is -2.52. The molecule has 2 rings (SSSR count). The van der Waals surface area contributed by atoms with Crippen molar-refractivity contribution in [3.05, 3.63) is 29.8 Å². The summed E-state index contributed by atoms with van der Waals surface area (Å²) in [7, 11) is -4.05. The van der Waals surface area contributed by atoms with Gasteiger partial charge >= 0.3 is 5.97 Å². The van der Waals surface area contributed by atoms with E-state index in [0.717, 1.165) is 6.42 Å². The molecule has 1 aromatic rings. The quantitative estimate of drug-likeness (QED) is 0.603. The maximum atomic E-state index is 12.5. The van der Waals surface area contributed by atoms with E-state index in [-0.39, 0.29) is 4.90 Å². The first-order chi connectivity index (χ1) is 10.6. The molecule has 23 heavy (non-hydrogen) atoms. The second-order valence-electron chi connectivity index (χ2n) is 6.59.